The average molecular weight is 723 g/mol. The summed E-state index contributed by atoms with van der Waals surface area (Å²) in [6.45, 7) is 12.2. The molecule has 274 valence electrons. The van der Waals surface area contributed by atoms with Crippen LogP contribution in [0, 0.1) is 0 Å². The molecule has 0 unspecified atom stereocenters. The second-order valence-corrected chi connectivity index (χ2v) is 13.8. The molecule has 7 aromatic rings. The van der Waals surface area contributed by atoms with Crippen molar-refractivity contribution >= 4 is 67.2 Å². The largest absolute Gasteiger partial charge is 0.478 e. The minimum atomic E-state index is -1.03. The number of aromatic carboxylic acids is 2. The predicted molar refractivity (Wildman–Crippen MR) is 220 cm³/mol. The van der Waals surface area contributed by atoms with Crippen LogP contribution in [0.25, 0.3) is 66.1 Å². The molecule has 0 atom stereocenters. The van der Waals surface area contributed by atoms with Gasteiger partial charge in [-0.1, -0.05) is 64.1 Å². The Bertz CT molecular complexity index is 2360. The third-order valence-corrected chi connectivity index (χ3v) is 10.1. The molecule has 0 bridgehead atoms. The second kappa shape index (κ2) is 15.5. The van der Waals surface area contributed by atoms with Gasteiger partial charge in [-0.05, 0) is 79.3 Å². The fourth-order valence-corrected chi connectivity index (χ4v) is 7.82. The summed E-state index contributed by atoms with van der Waals surface area (Å²) in [5.41, 5.74) is 7.27. The van der Waals surface area contributed by atoms with E-state index in [1.807, 2.05) is 60.7 Å². The van der Waals surface area contributed by atoms with Gasteiger partial charge in [-0.2, -0.15) is 0 Å². The summed E-state index contributed by atoms with van der Waals surface area (Å²) in [4.78, 5) is 30.1. The number of carboxylic acids is 2. The van der Waals surface area contributed by atoms with Gasteiger partial charge in [-0.15, -0.1) is 0 Å². The van der Waals surface area contributed by atoms with E-state index >= 15 is 0 Å². The Labute approximate surface area is 314 Å². The summed E-state index contributed by atoms with van der Waals surface area (Å²) in [6.07, 6.45) is 3.98. The number of carboxylic acid groups (broad SMARTS) is 2. The normalized spacial score (nSPS) is 11.5. The number of benzene rings is 5. The van der Waals surface area contributed by atoms with Gasteiger partial charge in [0.1, 0.15) is 6.07 Å². The van der Waals surface area contributed by atoms with Gasteiger partial charge in [0.05, 0.1) is 44.8 Å². The van der Waals surface area contributed by atoms with E-state index in [0.717, 1.165) is 85.1 Å². The van der Waals surface area contributed by atoms with Gasteiger partial charge in [0.15, 0.2) is 0 Å². The monoisotopic (exact) mass is 722 g/mol. The van der Waals surface area contributed by atoms with Gasteiger partial charge in [0, 0.05) is 48.7 Å². The van der Waals surface area contributed by atoms with Crippen LogP contribution in [0.2, 0.25) is 0 Å². The third-order valence-electron chi connectivity index (χ3n) is 10.1. The molecule has 7 rings (SSSR count). The first-order valence-corrected chi connectivity index (χ1v) is 19.0. The molecule has 54 heavy (non-hydrogen) atoms. The maximum Gasteiger partial charge on any atom is 0.371 e. The molecule has 0 radical (unpaired) electrons. The topological polar surface area (TPSA) is 104 Å². The molecule has 2 N–H and O–H groups in total. The minimum Gasteiger partial charge on any atom is -0.478 e. The first kappa shape index (κ1) is 36.3. The number of anilines is 2. The van der Waals surface area contributed by atoms with Crippen molar-refractivity contribution in [2.45, 2.75) is 53.4 Å². The molecule has 0 aliphatic rings. The molecule has 0 saturated carbocycles. The molecule has 8 heteroatoms. The zero-order valence-corrected chi connectivity index (χ0v) is 31.3. The van der Waals surface area contributed by atoms with E-state index in [1.54, 1.807) is 24.3 Å². The van der Waals surface area contributed by atoms with E-state index < -0.39 is 11.9 Å². The summed E-state index contributed by atoms with van der Waals surface area (Å²) < 4.78 is 13.5. The molecule has 0 aliphatic heterocycles. The number of hydrogen-bond acceptors (Lipinski definition) is 4. The predicted octanol–water partition coefficient (Wildman–Crippen LogP) is 12.0. The summed E-state index contributed by atoms with van der Waals surface area (Å²) in [5.74, 6) is -2.06. The number of nitrogens with zero attached hydrogens (tertiary/aromatic N) is 2. The molecular formula is C46H46N2O6+2. The first-order valence-electron chi connectivity index (χ1n) is 19.0. The van der Waals surface area contributed by atoms with Gasteiger partial charge < -0.3 is 20.0 Å². The molecule has 0 saturated heterocycles. The highest BCUT2D eigenvalue weighted by molar-refractivity contribution is 6.18. The average Bonchev–Trinajstić information content (AvgIpc) is 3.17. The van der Waals surface area contributed by atoms with E-state index in [0.29, 0.717) is 44.2 Å². The van der Waals surface area contributed by atoms with Gasteiger partial charge in [0.25, 0.3) is 0 Å². The quantitative estimate of drug-likeness (QED) is 0.0844. The van der Waals surface area contributed by atoms with E-state index in [2.05, 4.69) is 49.6 Å². The van der Waals surface area contributed by atoms with E-state index in [1.165, 1.54) is 0 Å². The van der Waals surface area contributed by atoms with Gasteiger partial charge in [0.2, 0.25) is 0 Å². The zero-order chi connectivity index (χ0) is 37.9. The van der Waals surface area contributed by atoms with Crippen LogP contribution in [0.1, 0.15) is 74.1 Å². The van der Waals surface area contributed by atoms with Crippen molar-refractivity contribution in [2.24, 2.45) is 0 Å². The van der Waals surface area contributed by atoms with Gasteiger partial charge in [-0.3, -0.25) is 0 Å². The molecule has 2 heterocycles. The molecule has 5 aromatic carbocycles. The zero-order valence-electron chi connectivity index (χ0n) is 31.3. The maximum atomic E-state index is 12.7. The second-order valence-electron chi connectivity index (χ2n) is 13.8. The lowest BCUT2D eigenvalue weighted by Crippen LogP contribution is -2.24. The maximum absolute atomic E-state index is 12.7. The van der Waals surface area contributed by atoms with Crippen molar-refractivity contribution < 1.29 is 28.6 Å². The van der Waals surface area contributed by atoms with E-state index in [9.17, 15) is 19.8 Å². The number of fused-ring (bicyclic) bond motifs is 4. The van der Waals surface area contributed by atoms with Gasteiger partial charge >= 0.3 is 34.3 Å². The first-order chi connectivity index (χ1) is 26.3. The Kier molecular flexibility index (Phi) is 10.4. The number of carbonyl (C=O) groups is 2. The van der Waals surface area contributed by atoms with Crippen LogP contribution in [-0.2, 0) is 0 Å². The van der Waals surface area contributed by atoms with Crippen LogP contribution >= 0.6 is 0 Å². The van der Waals surface area contributed by atoms with Crippen LogP contribution in [0.4, 0.5) is 11.4 Å². The van der Waals surface area contributed by atoms with Crippen LogP contribution in [0.15, 0.2) is 106 Å². The lowest BCUT2D eigenvalue weighted by atomic mass is 9.90. The van der Waals surface area contributed by atoms with Crippen molar-refractivity contribution in [1.29, 1.82) is 0 Å². The fourth-order valence-electron chi connectivity index (χ4n) is 7.82. The number of hydrogen-bond donors (Lipinski definition) is 2. The Hall–Kier alpha value is -6.02. The smallest absolute Gasteiger partial charge is 0.371 e. The summed E-state index contributed by atoms with van der Waals surface area (Å²) in [5, 5.41) is 23.7. The molecular weight excluding hydrogens is 677 g/mol. The molecule has 0 fully saturated rings. The lowest BCUT2D eigenvalue weighted by Gasteiger charge is -2.23. The molecule has 0 aliphatic carbocycles. The highest BCUT2D eigenvalue weighted by Crippen LogP contribution is 2.45. The molecule has 0 spiro atoms. The van der Waals surface area contributed by atoms with Crippen molar-refractivity contribution in [1.82, 2.24) is 0 Å². The van der Waals surface area contributed by atoms with Crippen LogP contribution < -0.4 is 9.80 Å². The van der Waals surface area contributed by atoms with E-state index in [-0.39, 0.29) is 11.1 Å². The SMILES string of the molecule is CCCN(CCC)c1ccc2c(-c3ccccc3C(=O)O)c3cc4c(-c5ccccc5C(=O)O)c5ccc(N(CCC)CCC)cc5[o+]c4cc3[o+]c2c1. The van der Waals surface area contributed by atoms with Crippen LogP contribution in [0.5, 0.6) is 0 Å². The van der Waals surface area contributed by atoms with Crippen LogP contribution in [-0.4, -0.2) is 48.3 Å². The van der Waals surface area contributed by atoms with Crippen molar-refractivity contribution in [2.75, 3.05) is 36.0 Å². The Balaban J connectivity index is 1.62. The number of rotatable bonds is 14. The van der Waals surface area contributed by atoms with Gasteiger partial charge in [-0.25, -0.2) is 18.4 Å². The fraction of sp³-hybridized carbons (Fsp3) is 0.261. The summed E-state index contributed by atoms with van der Waals surface area (Å²) in [7, 11) is 0. The standard InChI is InChI=1S/C46H44N2O6/c1-5-21-47(22-6-2)29-17-19-35-39(25-29)53-41-28-42-38(27-37(41)43(35)31-13-9-11-15-33(31)45(49)50)44(32-14-10-12-16-34(32)46(51)52)36-20-18-30(26-40(36)54-42)48(23-7-3)24-8-4/h9-20,25-28H,5-8,21-24H2,1-4H3/p+2. The Morgan fingerprint density at radius 2 is 0.852 bits per heavy atom. The third kappa shape index (κ3) is 6.68. The Morgan fingerprint density at radius 3 is 1.22 bits per heavy atom. The summed E-state index contributed by atoms with van der Waals surface area (Å²) >= 11 is 0. The van der Waals surface area contributed by atoms with Crippen molar-refractivity contribution in [3.63, 3.8) is 0 Å². The van der Waals surface area contributed by atoms with Crippen LogP contribution in [0.3, 0.4) is 0 Å². The molecule has 8 nitrogen and oxygen atoms in total. The van der Waals surface area contributed by atoms with Crippen molar-refractivity contribution in [3.8, 4) is 22.3 Å². The van der Waals surface area contributed by atoms with E-state index in [4.69, 9.17) is 8.83 Å². The molecule has 0 amide bonds. The summed E-state index contributed by atoms with van der Waals surface area (Å²) in [6, 6.07) is 30.2. The minimum absolute atomic E-state index is 0.171. The Morgan fingerprint density at radius 1 is 0.481 bits per heavy atom. The lowest BCUT2D eigenvalue weighted by molar-refractivity contribution is 0.0687. The highest BCUT2D eigenvalue weighted by Gasteiger charge is 2.31. The molecule has 2 aromatic heterocycles. The van der Waals surface area contributed by atoms with Crippen molar-refractivity contribution in [3.05, 3.63) is 108 Å². The highest BCUT2D eigenvalue weighted by atomic mass is 16.4.